The van der Waals surface area contributed by atoms with E-state index in [9.17, 15) is 9.59 Å². The van der Waals surface area contributed by atoms with Crippen LogP contribution in [0.15, 0.2) is 36.4 Å². The van der Waals surface area contributed by atoms with Crippen LogP contribution in [-0.4, -0.2) is 64.3 Å². The van der Waals surface area contributed by atoms with Crippen molar-refractivity contribution in [1.82, 2.24) is 19.8 Å². The van der Waals surface area contributed by atoms with Gasteiger partial charge in [-0.1, -0.05) is 44.2 Å². The van der Waals surface area contributed by atoms with Crippen molar-refractivity contribution in [2.24, 2.45) is 0 Å². The van der Waals surface area contributed by atoms with Crippen molar-refractivity contribution in [3.8, 4) is 0 Å². The minimum absolute atomic E-state index is 0.0211. The van der Waals surface area contributed by atoms with Crippen molar-refractivity contribution in [1.29, 1.82) is 0 Å². The quantitative estimate of drug-likeness (QED) is 0.721. The number of amides is 2. The third-order valence-corrected chi connectivity index (χ3v) is 6.31. The summed E-state index contributed by atoms with van der Waals surface area (Å²) in [6.07, 6.45) is 2.37. The second-order valence-corrected chi connectivity index (χ2v) is 9.05. The zero-order valence-corrected chi connectivity index (χ0v) is 19.3. The molecule has 2 aromatic rings. The normalized spacial score (nSPS) is 18.2. The van der Waals surface area contributed by atoms with E-state index in [1.807, 2.05) is 48.2 Å². The molecule has 7 heteroatoms. The number of aromatic nitrogens is 2. The molecule has 32 heavy (non-hydrogen) atoms. The van der Waals surface area contributed by atoms with E-state index < -0.39 is 6.04 Å². The average molecular weight is 436 g/mol. The van der Waals surface area contributed by atoms with Gasteiger partial charge in [-0.2, -0.15) is 0 Å². The standard InChI is InChI=1S/C25H33N5O2/c1-18(2)24-26-19(3)17-21(27-24)28-13-15-29(16-14-28)25(32)23(20-9-5-4-6-10-20)30-12-8-7-11-22(30)31/h4-6,9-10,17-18,23H,7-8,11-16H2,1-3H3. The van der Waals surface area contributed by atoms with Gasteiger partial charge in [0.25, 0.3) is 0 Å². The number of anilines is 1. The van der Waals surface area contributed by atoms with Gasteiger partial charge in [-0.3, -0.25) is 9.59 Å². The van der Waals surface area contributed by atoms with E-state index in [1.54, 1.807) is 4.90 Å². The molecular formula is C25H33N5O2. The van der Waals surface area contributed by atoms with E-state index in [4.69, 9.17) is 4.98 Å². The summed E-state index contributed by atoms with van der Waals surface area (Å²) in [6, 6.07) is 11.2. The smallest absolute Gasteiger partial charge is 0.250 e. The van der Waals surface area contributed by atoms with Crippen molar-refractivity contribution in [3.05, 3.63) is 53.5 Å². The highest BCUT2D eigenvalue weighted by Crippen LogP contribution is 2.28. The van der Waals surface area contributed by atoms with Crippen molar-refractivity contribution >= 4 is 17.6 Å². The zero-order chi connectivity index (χ0) is 22.7. The zero-order valence-electron chi connectivity index (χ0n) is 19.3. The molecule has 3 heterocycles. The number of carbonyl (C=O) groups excluding carboxylic acids is 2. The molecule has 0 bridgehead atoms. The fraction of sp³-hybridized carbons (Fsp3) is 0.520. The van der Waals surface area contributed by atoms with Crippen LogP contribution >= 0.6 is 0 Å². The molecule has 2 amide bonds. The van der Waals surface area contributed by atoms with Gasteiger partial charge in [0, 0.05) is 56.8 Å². The number of piperidine rings is 1. The number of nitrogens with zero attached hydrogens (tertiary/aromatic N) is 5. The molecule has 0 radical (unpaired) electrons. The third kappa shape index (κ3) is 4.76. The molecule has 7 nitrogen and oxygen atoms in total. The van der Waals surface area contributed by atoms with Gasteiger partial charge in [0.15, 0.2) is 0 Å². The summed E-state index contributed by atoms with van der Waals surface area (Å²) in [4.78, 5) is 41.6. The van der Waals surface area contributed by atoms with E-state index in [1.165, 1.54) is 0 Å². The second kappa shape index (κ2) is 9.67. The first-order valence-corrected chi connectivity index (χ1v) is 11.7. The maximum absolute atomic E-state index is 13.7. The fourth-order valence-corrected chi connectivity index (χ4v) is 4.51. The van der Waals surface area contributed by atoms with Gasteiger partial charge in [-0.25, -0.2) is 9.97 Å². The number of aryl methyl sites for hydroxylation is 1. The number of benzene rings is 1. The summed E-state index contributed by atoms with van der Waals surface area (Å²) in [5, 5.41) is 0. The van der Waals surface area contributed by atoms with E-state index in [0.29, 0.717) is 26.1 Å². The van der Waals surface area contributed by atoms with Crippen LogP contribution in [-0.2, 0) is 9.59 Å². The Morgan fingerprint density at radius 3 is 2.34 bits per heavy atom. The molecule has 2 fully saturated rings. The summed E-state index contributed by atoms with van der Waals surface area (Å²) in [5.41, 5.74) is 1.85. The van der Waals surface area contributed by atoms with E-state index in [-0.39, 0.29) is 17.7 Å². The maximum atomic E-state index is 13.7. The number of hydrogen-bond acceptors (Lipinski definition) is 5. The molecule has 4 rings (SSSR count). The topological polar surface area (TPSA) is 69.6 Å². The summed E-state index contributed by atoms with van der Waals surface area (Å²) in [5.74, 6) is 2.15. The first kappa shape index (κ1) is 22.2. The number of hydrogen-bond donors (Lipinski definition) is 0. The van der Waals surface area contributed by atoms with E-state index >= 15 is 0 Å². The Labute approximate surface area is 190 Å². The lowest BCUT2D eigenvalue weighted by Crippen LogP contribution is -2.53. The number of piperazine rings is 1. The number of likely N-dealkylation sites (tertiary alicyclic amines) is 1. The van der Waals surface area contributed by atoms with E-state index in [0.717, 1.165) is 48.8 Å². The summed E-state index contributed by atoms with van der Waals surface area (Å²) >= 11 is 0. The van der Waals surface area contributed by atoms with Gasteiger partial charge in [0.05, 0.1) is 0 Å². The molecule has 2 aliphatic rings. The number of rotatable bonds is 5. The second-order valence-electron chi connectivity index (χ2n) is 9.05. The SMILES string of the molecule is Cc1cc(N2CCN(C(=O)C(c3ccccc3)N3CCCCC3=O)CC2)nc(C(C)C)n1. The Morgan fingerprint density at radius 1 is 0.969 bits per heavy atom. The molecule has 2 saturated heterocycles. The molecule has 1 aromatic carbocycles. The molecule has 0 spiro atoms. The largest absolute Gasteiger partial charge is 0.353 e. The summed E-state index contributed by atoms with van der Waals surface area (Å²) in [6.45, 7) is 9.50. The molecular weight excluding hydrogens is 402 g/mol. The molecule has 1 aromatic heterocycles. The van der Waals surface area contributed by atoms with Gasteiger partial charge in [-0.05, 0) is 25.3 Å². The highest BCUT2D eigenvalue weighted by atomic mass is 16.2. The predicted octanol–water partition coefficient (Wildman–Crippen LogP) is 3.31. The van der Waals surface area contributed by atoms with Crippen molar-refractivity contribution in [2.75, 3.05) is 37.6 Å². The first-order chi connectivity index (χ1) is 15.4. The molecule has 0 aliphatic carbocycles. The Morgan fingerprint density at radius 2 is 1.69 bits per heavy atom. The Balaban J connectivity index is 1.50. The van der Waals surface area contributed by atoms with Crippen molar-refractivity contribution in [2.45, 2.75) is 52.0 Å². The minimum Gasteiger partial charge on any atom is -0.353 e. The Hall–Kier alpha value is -2.96. The van der Waals surface area contributed by atoms with Crippen LogP contribution in [0.25, 0.3) is 0 Å². The lowest BCUT2D eigenvalue weighted by Gasteiger charge is -2.40. The minimum atomic E-state index is -0.538. The summed E-state index contributed by atoms with van der Waals surface area (Å²) in [7, 11) is 0. The van der Waals surface area contributed by atoms with Crippen molar-refractivity contribution < 1.29 is 9.59 Å². The maximum Gasteiger partial charge on any atom is 0.250 e. The molecule has 0 saturated carbocycles. The van der Waals surface area contributed by atoms with Crippen LogP contribution < -0.4 is 4.90 Å². The van der Waals surface area contributed by atoms with Gasteiger partial charge >= 0.3 is 0 Å². The van der Waals surface area contributed by atoms with Crippen molar-refractivity contribution in [3.63, 3.8) is 0 Å². The van der Waals surface area contributed by atoms with Gasteiger partial charge in [0.1, 0.15) is 17.7 Å². The molecule has 1 atom stereocenters. The molecule has 170 valence electrons. The van der Waals surface area contributed by atoms with Crippen LogP contribution in [0, 0.1) is 6.92 Å². The van der Waals surface area contributed by atoms with Gasteiger partial charge in [0.2, 0.25) is 11.8 Å². The molecule has 1 unspecified atom stereocenters. The Kier molecular flexibility index (Phi) is 6.72. The predicted molar refractivity (Wildman–Crippen MR) is 124 cm³/mol. The Bertz CT molecular complexity index is 954. The highest BCUT2D eigenvalue weighted by Gasteiger charge is 2.36. The van der Waals surface area contributed by atoms with E-state index in [2.05, 4.69) is 23.7 Å². The monoisotopic (exact) mass is 435 g/mol. The lowest BCUT2D eigenvalue weighted by molar-refractivity contribution is -0.148. The molecule has 0 N–H and O–H groups in total. The van der Waals surface area contributed by atoms with Crippen LogP contribution in [0.3, 0.4) is 0 Å². The first-order valence-electron chi connectivity index (χ1n) is 11.7. The van der Waals surface area contributed by atoms with Crippen LogP contribution in [0.2, 0.25) is 0 Å². The van der Waals surface area contributed by atoms with Gasteiger partial charge < -0.3 is 14.7 Å². The lowest BCUT2D eigenvalue weighted by atomic mass is 9.99. The third-order valence-electron chi connectivity index (χ3n) is 6.31. The average Bonchev–Trinajstić information content (AvgIpc) is 2.81. The number of carbonyl (C=O) groups is 2. The van der Waals surface area contributed by atoms with Crippen LogP contribution in [0.4, 0.5) is 5.82 Å². The highest BCUT2D eigenvalue weighted by molar-refractivity contribution is 5.89. The van der Waals surface area contributed by atoms with Gasteiger partial charge in [-0.15, -0.1) is 0 Å². The summed E-state index contributed by atoms with van der Waals surface area (Å²) < 4.78 is 0. The van der Waals surface area contributed by atoms with Crippen LogP contribution in [0.5, 0.6) is 0 Å². The van der Waals surface area contributed by atoms with Crippen LogP contribution in [0.1, 0.15) is 62.2 Å². The molecule has 2 aliphatic heterocycles. The fourth-order valence-electron chi connectivity index (χ4n) is 4.51.